The molecule has 172 valence electrons. The molecule has 1 aliphatic rings. The van der Waals surface area contributed by atoms with E-state index in [2.05, 4.69) is 0 Å². The van der Waals surface area contributed by atoms with Gasteiger partial charge in [-0.25, -0.2) is 0 Å². The molecule has 1 heterocycles. The van der Waals surface area contributed by atoms with Crippen molar-refractivity contribution in [2.75, 3.05) is 41.0 Å². The summed E-state index contributed by atoms with van der Waals surface area (Å²) in [7, 11) is 4.81. The quantitative estimate of drug-likeness (QED) is 0.626. The molecule has 3 rings (SSSR count). The number of hydrogen-bond donors (Lipinski definition) is 0. The first kappa shape index (κ1) is 23.4. The zero-order chi connectivity index (χ0) is 23.3. The highest BCUT2D eigenvalue weighted by molar-refractivity contribution is 5.96. The molecule has 1 unspecified atom stereocenters. The van der Waals surface area contributed by atoms with Gasteiger partial charge in [0.05, 0.1) is 27.4 Å². The number of nitrogens with zero attached hydrogens (tertiary/aromatic N) is 2. The molecule has 2 amide bonds. The number of carbonyl (C=O) groups is 2. The van der Waals surface area contributed by atoms with Gasteiger partial charge in [0.25, 0.3) is 5.91 Å². The van der Waals surface area contributed by atoms with Crippen LogP contribution in [0.2, 0.25) is 0 Å². The Labute approximate surface area is 189 Å². The van der Waals surface area contributed by atoms with Crippen LogP contribution < -0.4 is 14.2 Å². The third-order valence-electron chi connectivity index (χ3n) is 5.95. The molecular formula is C25H32N2O5. The van der Waals surface area contributed by atoms with E-state index in [1.165, 1.54) is 0 Å². The van der Waals surface area contributed by atoms with Crippen molar-refractivity contribution in [3.63, 3.8) is 0 Å². The zero-order valence-electron chi connectivity index (χ0n) is 19.5. The molecule has 2 aromatic rings. The molecule has 0 saturated carbocycles. The van der Waals surface area contributed by atoms with E-state index in [1.807, 2.05) is 30.9 Å². The second-order valence-electron chi connectivity index (χ2n) is 7.87. The maximum Gasteiger partial charge on any atom is 0.254 e. The molecule has 0 aliphatic carbocycles. The number of fused-ring (bicyclic) bond motifs is 1. The van der Waals surface area contributed by atoms with Gasteiger partial charge >= 0.3 is 0 Å². The molecule has 2 aromatic carbocycles. The van der Waals surface area contributed by atoms with Gasteiger partial charge in [-0.15, -0.1) is 0 Å². The largest absolute Gasteiger partial charge is 0.497 e. The topological polar surface area (TPSA) is 68.3 Å². The number of hydrogen-bond acceptors (Lipinski definition) is 5. The molecule has 1 atom stereocenters. The smallest absolute Gasteiger partial charge is 0.254 e. The summed E-state index contributed by atoms with van der Waals surface area (Å²) in [6, 6.07) is 10.8. The Hall–Kier alpha value is -3.22. The van der Waals surface area contributed by atoms with Crippen molar-refractivity contribution in [3.05, 3.63) is 53.1 Å². The van der Waals surface area contributed by atoms with Crippen molar-refractivity contribution in [2.24, 2.45) is 0 Å². The van der Waals surface area contributed by atoms with Crippen molar-refractivity contribution < 1.29 is 23.8 Å². The molecule has 0 fully saturated rings. The molecule has 32 heavy (non-hydrogen) atoms. The Kier molecular flexibility index (Phi) is 7.62. The highest BCUT2D eigenvalue weighted by Gasteiger charge is 2.31. The SMILES string of the molecule is CCCN(CC(=O)N1CCc2cc(OC)c(OC)cc2C1C)C(=O)c1ccc(OC)cc1. The summed E-state index contributed by atoms with van der Waals surface area (Å²) in [6.45, 7) is 5.17. The average molecular weight is 441 g/mol. The number of rotatable bonds is 8. The summed E-state index contributed by atoms with van der Waals surface area (Å²) < 4.78 is 16.0. The van der Waals surface area contributed by atoms with Gasteiger partial charge < -0.3 is 24.0 Å². The summed E-state index contributed by atoms with van der Waals surface area (Å²) in [6.07, 6.45) is 1.50. The van der Waals surface area contributed by atoms with E-state index < -0.39 is 0 Å². The minimum absolute atomic E-state index is 0.0473. The molecule has 0 N–H and O–H groups in total. The maximum atomic E-state index is 13.3. The van der Waals surface area contributed by atoms with E-state index in [0.717, 1.165) is 24.0 Å². The summed E-state index contributed by atoms with van der Waals surface area (Å²) in [5.41, 5.74) is 2.74. The zero-order valence-corrected chi connectivity index (χ0v) is 19.5. The van der Waals surface area contributed by atoms with E-state index in [1.54, 1.807) is 50.5 Å². The Morgan fingerprint density at radius 2 is 1.69 bits per heavy atom. The van der Waals surface area contributed by atoms with Gasteiger partial charge in [-0.05, 0) is 67.3 Å². The summed E-state index contributed by atoms with van der Waals surface area (Å²) in [5.74, 6) is 1.81. The molecule has 0 bridgehead atoms. The summed E-state index contributed by atoms with van der Waals surface area (Å²) >= 11 is 0. The molecule has 7 nitrogen and oxygen atoms in total. The van der Waals surface area contributed by atoms with E-state index in [-0.39, 0.29) is 24.4 Å². The third kappa shape index (κ3) is 4.82. The standard InChI is InChI=1S/C25H32N2O5/c1-6-12-26(25(29)18-7-9-20(30-3)10-8-18)16-24(28)27-13-11-19-14-22(31-4)23(32-5)15-21(19)17(27)2/h7-10,14-15,17H,6,11-13,16H2,1-5H3. The van der Waals surface area contributed by atoms with E-state index in [9.17, 15) is 9.59 Å². The van der Waals surface area contributed by atoms with Gasteiger partial charge in [-0.2, -0.15) is 0 Å². The van der Waals surface area contributed by atoms with Gasteiger partial charge in [-0.3, -0.25) is 9.59 Å². The molecule has 0 spiro atoms. The van der Waals surface area contributed by atoms with Crippen LogP contribution in [0.3, 0.4) is 0 Å². The number of methoxy groups -OCH3 is 3. The van der Waals surface area contributed by atoms with Gasteiger partial charge in [0, 0.05) is 18.7 Å². The molecular weight excluding hydrogens is 408 g/mol. The van der Waals surface area contributed by atoms with Crippen LogP contribution in [0.5, 0.6) is 17.2 Å². The molecule has 7 heteroatoms. The minimum Gasteiger partial charge on any atom is -0.497 e. The Balaban J connectivity index is 1.77. The van der Waals surface area contributed by atoms with Gasteiger partial charge in [0.15, 0.2) is 11.5 Å². The van der Waals surface area contributed by atoms with Gasteiger partial charge in [0.1, 0.15) is 12.3 Å². The highest BCUT2D eigenvalue weighted by atomic mass is 16.5. The third-order valence-corrected chi connectivity index (χ3v) is 5.95. The lowest BCUT2D eigenvalue weighted by molar-refractivity contribution is -0.134. The van der Waals surface area contributed by atoms with Crippen molar-refractivity contribution in [1.82, 2.24) is 9.80 Å². The predicted octanol–water partition coefficient (Wildman–Crippen LogP) is 3.71. The van der Waals surface area contributed by atoms with Crippen LogP contribution in [0.15, 0.2) is 36.4 Å². The van der Waals surface area contributed by atoms with Crippen molar-refractivity contribution in [1.29, 1.82) is 0 Å². The minimum atomic E-state index is -0.153. The van der Waals surface area contributed by atoms with Crippen LogP contribution in [-0.2, 0) is 11.2 Å². The first-order valence-electron chi connectivity index (χ1n) is 10.9. The monoisotopic (exact) mass is 440 g/mol. The Morgan fingerprint density at radius 1 is 1.03 bits per heavy atom. The fourth-order valence-corrected chi connectivity index (χ4v) is 4.18. The van der Waals surface area contributed by atoms with Crippen molar-refractivity contribution >= 4 is 11.8 Å². The maximum absolute atomic E-state index is 13.3. The van der Waals surface area contributed by atoms with Crippen LogP contribution >= 0.6 is 0 Å². The number of ether oxygens (including phenoxy) is 3. The lowest BCUT2D eigenvalue weighted by Gasteiger charge is -2.37. The number of amides is 2. The van der Waals surface area contributed by atoms with Crippen LogP contribution in [-0.4, -0.2) is 62.6 Å². The second kappa shape index (κ2) is 10.4. The lowest BCUT2D eigenvalue weighted by atomic mass is 9.92. The van der Waals surface area contributed by atoms with Gasteiger partial charge in [0.2, 0.25) is 5.91 Å². The Bertz CT molecular complexity index is 958. The summed E-state index contributed by atoms with van der Waals surface area (Å²) in [4.78, 5) is 29.8. The number of carbonyl (C=O) groups excluding carboxylic acids is 2. The van der Waals surface area contributed by atoms with Crippen LogP contribution in [0, 0.1) is 0 Å². The fourth-order valence-electron chi connectivity index (χ4n) is 4.18. The fraction of sp³-hybridized carbons (Fsp3) is 0.440. The molecule has 0 aromatic heterocycles. The lowest BCUT2D eigenvalue weighted by Crippen LogP contribution is -2.46. The average Bonchev–Trinajstić information content (AvgIpc) is 2.82. The van der Waals surface area contributed by atoms with E-state index >= 15 is 0 Å². The predicted molar refractivity (Wildman–Crippen MR) is 123 cm³/mol. The Morgan fingerprint density at radius 3 is 2.28 bits per heavy atom. The van der Waals surface area contributed by atoms with Crippen LogP contribution in [0.1, 0.15) is 47.8 Å². The first-order valence-corrected chi connectivity index (χ1v) is 10.9. The van der Waals surface area contributed by atoms with E-state index in [0.29, 0.717) is 35.9 Å². The van der Waals surface area contributed by atoms with E-state index in [4.69, 9.17) is 14.2 Å². The van der Waals surface area contributed by atoms with Crippen LogP contribution in [0.4, 0.5) is 0 Å². The normalized spacial score (nSPS) is 15.0. The second-order valence-corrected chi connectivity index (χ2v) is 7.87. The number of benzene rings is 2. The highest BCUT2D eigenvalue weighted by Crippen LogP contribution is 2.38. The van der Waals surface area contributed by atoms with Crippen molar-refractivity contribution in [2.45, 2.75) is 32.7 Å². The molecule has 0 radical (unpaired) electrons. The van der Waals surface area contributed by atoms with Gasteiger partial charge in [-0.1, -0.05) is 6.92 Å². The summed E-state index contributed by atoms with van der Waals surface area (Å²) in [5, 5.41) is 0. The van der Waals surface area contributed by atoms with Crippen LogP contribution in [0.25, 0.3) is 0 Å². The molecule has 0 saturated heterocycles. The first-order chi connectivity index (χ1) is 15.4. The molecule has 1 aliphatic heterocycles. The van der Waals surface area contributed by atoms with Crippen molar-refractivity contribution in [3.8, 4) is 17.2 Å².